The number of pyridine rings is 2. The van der Waals surface area contributed by atoms with Crippen molar-refractivity contribution in [2.45, 2.75) is 5.60 Å². The second kappa shape index (κ2) is 5.61. The Kier molecular flexibility index (Phi) is 3.24. The average molecular weight is 336 g/mol. The topological polar surface area (TPSA) is 46.0 Å². The third-order valence-electron chi connectivity index (χ3n) is 5.02. The van der Waals surface area contributed by atoms with Gasteiger partial charge in [-0.2, -0.15) is 0 Å². The molecule has 0 radical (unpaired) electrons. The van der Waals surface area contributed by atoms with Crippen LogP contribution < -0.4 is 0 Å². The van der Waals surface area contributed by atoms with Gasteiger partial charge in [0, 0.05) is 29.1 Å². The molecular formula is C23H16N2O. The Morgan fingerprint density at radius 2 is 1.12 bits per heavy atom. The minimum atomic E-state index is -1.28. The molecule has 0 saturated carbocycles. The molecule has 0 amide bonds. The summed E-state index contributed by atoms with van der Waals surface area (Å²) in [6, 6.07) is 25.7. The second-order valence-corrected chi connectivity index (χ2v) is 6.42. The van der Waals surface area contributed by atoms with E-state index < -0.39 is 5.60 Å². The molecule has 0 atom stereocenters. The van der Waals surface area contributed by atoms with E-state index in [1.54, 1.807) is 12.4 Å². The molecule has 3 heteroatoms. The second-order valence-electron chi connectivity index (χ2n) is 6.42. The van der Waals surface area contributed by atoms with Crippen LogP contribution in [0.25, 0.3) is 22.5 Å². The summed E-state index contributed by atoms with van der Waals surface area (Å²) in [5.41, 5.74) is 4.67. The highest BCUT2D eigenvalue weighted by Crippen LogP contribution is 2.50. The van der Waals surface area contributed by atoms with E-state index in [9.17, 15) is 5.11 Å². The summed E-state index contributed by atoms with van der Waals surface area (Å²) in [7, 11) is 0. The molecule has 2 aromatic heterocycles. The van der Waals surface area contributed by atoms with E-state index in [0.717, 1.165) is 39.2 Å². The predicted octanol–water partition coefficient (Wildman–Crippen LogP) is 4.41. The van der Waals surface area contributed by atoms with E-state index in [0.29, 0.717) is 0 Å². The van der Waals surface area contributed by atoms with Gasteiger partial charge in [0.15, 0.2) is 0 Å². The van der Waals surface area contributed by atoms with E-state index >= 15 is 0 Å². The fraction of sp³-hybridized carbons (Fsp3) is 0.0435. The van der Waals surface area contributed by atoms with E-state index in [4.69, 9.17) is 0 Å². The maximum atomic E-state index is 12.0. The van der Waals surface area contributed by atoms with Gasteiger partial charge >= 0.3 is 0 Å². The van der Waals surface area contributed by atoms with E-state index in [1.165, 1.54) is 0 Å². The number of benzene rings is 2. The van der Waals surface area contributed by atoms with Gasteiger partial charge in [-0.25, -0.2) is 0 Å². The number of fused-ring (bicyclic) bond motifs is 3. The largest absolute Gasteiger partial charge is 0.376 e. The van der Waals surface area contributed by atoms with Crippen LogP contribution >= 0.6 is 0 Å². The van der Waals surface area contributed by atoms with Crippen LogP contribution in [-0.2, 0) is 5.60 Å². The molecule has 0 fully saturated rings. The van der Waals surface area contributed by atoms with Gasteiger partial charge < -0.3 is 5.11 Å². The van der Waals surface area contributed by atoms with Crippen LogP contribution in [0.1, 0.15) is 16.7 Å². The molecular weight excluding hydrogens is 320 g/mol. The lowest BCUT2D eigenvalue weighted by molar-refractivity contribution is 0.131. The molecule has 1 aliphatic rings. The highest BCUT2D eigenvalue weighted by Gasteiger charge is 2.45. The minimum absolute atomic E-state index is 0.744. The van der Waals surface area contributed by atoms with Crippen molar-refractivity contribution in [3.63, 3.8) is 0 Å². The number of rotatable bonds is 2. The summed E-state index contributed by atoms with van der Waals surface area (Å²) in [6.07, 6.45) is 3.48. The standard InChI is InChI=1S/C23H16N2O/c26-23(18-11-5-4-10-17(18)16-8-2-1-3-9-16)19-12-6-14-24-21(19)22-20(23)13-7-15-25-22/h1-15,26H. The molecule has 3 nitrogen and oxygen atoms in total. The van der Waals surface area contributed by atoms with Gasteiger partial charge in [0.2, 0.25) is 0 Å². The van der Waals surface area contributed by atoms with Gasteiger partial charge in [-0.15, -0.1) is 0 Å². The van der Waals surface area contributed by atoms with Gasteiger partial charge in [-0.1, -0.05) is 66.7 Å². The van der Waals surface area contributed by atoms with E-state index in [-0.39, 0.29) is 0 Å². The first-order chi connectivity index (χ1) is 12.8. The third-order valence-corrected chi connectivity index (χ3v) is 5.02. The maximum Gasteiger partial charge on any atom is 0.145 e. The summed E-state index contributed by atoms with van der Waals surface area (Å²) in [5.74, 6) is 0. The first kappa shape index (κ1) is 15.0. The Morgan fingerprint density at radius 3 is 1.77 bits per heavy atom. The number of nitrogens with zero attached hydrogens (tertiary/aromatic N) is 2. The summed E-state index contributed by atoms with van der Waals surface area (Å²) in [4.78, 5) is 9.00. The Morgan fingerprint density at radius 1 is 0.577 bits per heavy atom. The zero-order valence-electron chi connectivity index (χ0n) is 14.0. The minimum Gasteiger partial charge on any atom is -0.376 e. The van der Waals surface area contributed by atoms with Gasteiger partial charge in [0.1, 0.15) is 5.60 Å². The molecule has 2 heterocycles. The fourth-order valence-electron chi connectivity index (χ4n) is 3.88. The number of hydrogen-bond donors (Lipinski definition) is 1. The zero-order chi connectivity index (χ0) is 17.6. The number of aromatic nitrogens is 2. The zero-order valence-corrected chi connectivity index (χ0v) is 14.0. The first-order valence-electron chi connectivity index (χ1n) is 8.59. The van der Waals surface area contributed by atoms with E-state index in [2.05, 4.69) is 22.1 Å². The fourth-order valence-corrected chi connectivity index (χ4v) is 3.88. The first-order valence-corrected chi connectivity index (χ1v) is 8.59. The lowest BCUT2D eigenvalue weighted by atomic mass is 9.81. The predicted molar refractivity (Wildman–Crippen MR) is 101 cm³/mol. The SMILES string of the molecule is OC1(c2ccccc2-c2ccccc2)c2cccnc2-c2ncccc21. The Labute approximate surface area is 151 Å². The molecule has 0 aliphatic heterocycles. The van der Waals surface area contributed by atoms with Gasteiger partial charge in [0.25, 0.3) is 0 Å². The van der Waals surface area contributed by atoms with Crippen molar-refractivity contribution < 1.29 is 5.11 Å². The van der Waals surface area contributed by atoms with Gasteiger partial charge in [-0.3, -0.25) is 9.97 Å². The highest BCUT2D eigenvalue weighted by atomic mass is 16.3. The van der Waals surface area contributed by atoms with E-state index in [1.807, 2.05) is 66.7 Å². The van der Waals surface area contributed by atoms with Crippen molar-refractivity contribution in [2.24, 2.45) is 0 Å². The van der Waals surface area contributed by atoms with Crippen molar-refractivity contribution in [2.75, 3.05) is 0 Å². The molecule has 124 valence electrons. The van der Waals surface area contributed by atoms with Crippen molar-refractivity contribution >= 4 is 0 Å². The monoisotopic (exact) mass is 336 g/mol. The summed E-state index contributed by atoms with van der Waals surface area (Å²) in [5, 5.41) is 12.0. The van der Waals surface area contributed by atoms with Crippen molar-refractivity contribution in [3.05, 3.63) is 108 Å². The Bertz CT molecular complexity index is 1060. The van der Waals surface area contributed by atoms with Crippen LogP contribution in [-0.4, -0.2) is 15.1 Å². The Hall–Kier alpha value is -3.30. The van der Waals surface area contributed by atoms with Crippen LogP contribution in [0, 0.1) is 0 Å². The van der Waals surface area contributed by atoms with Crippen molar-refractivity contribution in [3.8, 4) is 22.5 Å². The molecule has 0 bridgehead atoms. The number of aliphatic hydroxyl groups is 1. The molecule has 5 rings (SSSR count). The summed E-state index contributed by atoms with van der Waals surface area (Å²) < 4.78 is 0. The molecule has 4 aromatic rings. The van der Waals surface area contributed by atoms with Crippen molar-refractivity contribution in [1.82, 2.24) is 9.97 Å². The molecule has 0 spiro atoms. The normalized spacial score (nSPS) is 13.9. The number of hydrogen-bond acceptors (Lipinski definition) is 3. The molecule has 0 unspecified atom stereocenters. The molecule has 1 N–H and O–H groups in total. The smallest absolute Gasteiger partial charge is 0.145 e. The maximum absolute atomic E-state index is 12.0. The van der Waals surface area contributed by atoms with Gasteiger partial charge in [0.05, 0.1) is 11.4 Å². The van der Waals surface area contributed by atoms with Crippen LogP contribution in [0.5, 0.6) is 0 Å². The molecule has 2 aromatic carbocycles. The van der Waals surface area contributed by atoms with Crippen LogP contribution in [0.4, 0.5) is 0 Å². The molecule has 1 aliphatic carbocycles. The lowest BCUT2D eigenvalue weighted by Crippen LogP contribution is -2.27. The quantitative estimate of drug-likeness (QED) is 0.590. The van der Waals surface area contributed by atoms with Gasteiger partial charge in [-0.05, 0) is 23.3 Å². The van der Waals surface area contributed by atoms with Crippen LogP contribution in [0.2, 0.25) is 0 Å². The highest BCUT2D eigenvalue weighted by molar-refractivity contribution is 5.80. The Balaban J connectivity index is 1.85. The summed E-state index contributed by atoms with van der Waals surface area (Å²) in [6.45, 7) is 0. The molecule has 26 heavy (non-hydrogen) atoms. The summed E-state index contributed by atoms with van der Waals surface area (Å²) >= 11 is 0. The molecule has 0 saturated heterocycles. The van der Waals surface area contributed by atoms with Crippen LogP contribution in [0.3, 0.4) is 0 Å². The van der Waals surface area contributed by atoms with Crippen molar-refractivity contribution in [1.29, 1.82) is 0 Å². The third kappa shape index (κ3) is 1.98. The average Bonchev–Trinajstić information content (AvgIpc) is 2.99. The lowest BCUT2D eigenvalue weighted by Gasteiger charge is -2.28. The van der Waals surface area contributed by atoms with Crippen LogP contribution in [0.15, 0.2) is 91.3 Å².